The lowest BCUT2D eigenvalue weighted by Crippen LogP contribution is -2.32. The van der Waals surface area contributed by atoms with Gasteiger partial charge in [0.15, 0.2) is 0 Å². The summed E-state index contributed by atoms with van der Waals surface area (Å²) in [5.74, 6) is -0.137. The van der Waals surface area contributed by atoms with Crippen LogP contribution in [0, 0.1) is 12.7 Å². The predicted octanol–water partition coefficient (Wildman–Crippen LogP) is 3.04. The third-order valence-corrected chi connectivity index (χ3v) is 3.23. The van der Waals surface area contributed by atoms with Gasteiger partial charge in [-0.25, -0.2) is 4.39 Å². The highest BCUT2D eigenvalue weighted by Gasteiger charge is 2.30. The van der Waals surface area contributed by atoms with E-state index in [1.807, 2.05) is 6.07 Å². The fourth-order valence-electron chi connectivity index (χ4n) is 2.22. The summed E-state index contributed by atoms with van der Waals surface area (Å²) in [4.78, 5) is 13.5. The minimum atomic E-state index is -0.243. The van der Waals surface area contributed by atoms with Crippen molar-refractivity contribution in [3.8, 4) is 0 Å². The molecule has 1 fully saturated rings. The number of hydrogen-bond donors (Lipinski definition) is 0. The first-order chi connectivity index (χ1) is 7.63. The Bertz CT molecular complexity index is 416. The molecule has 0 aliphatic carbocycles. The van der Waals surface area contributed by atoms with Gasteiger partial charge in [0.2, 0.25) is 5.91 Å². The molecule has 2 nitrogen and oxygen atoms in total. The summed E-state index contributed by atoms with van der Waals surface area (Å²) in [5, 5.41) is 0. The fourth-order valence-corrected chi connectivity index (χ4v) is 2.22. The van der Waals surface area contributed by atoms with Crippen molar-refractivity contribution in [2.75, 3.05) is 4.90 Å². The highest BCUT2D eigenvalue weighted by Crippen LogP contribution is 2.29. The van der Waals surface area contributed by atoms with E-state index in [-0.39, 0.29) is 17.8 Å². The van der Waals surface area contributed by atoms with Gasteiger partial charge < -0.3 is 4.90 Å². The van der Waals surface area contributed by atoms with E-state index in [9.17, 15) is 9.18 Å². The van der Waals surface area contributed by atoms with E-state index in [1.54, 1.807) is 17.9 Å². The zero-order valence-corrected chi connectivity index (χ0v) is 9.66. The molecule has 1 amide bonds. The molecule has 0 spiro atoms. The van der Waals surface area contributed by atoms with Crippen molar-refractivity contribution in [2.45, 2.75) is 39.2 Å². The first-order valence-corrected chi connectivity index (χ1v) is 5.71. The van der Waals surface area contributed by atoms with Gasteiger partial charge in [-0.2, -0.15) is 0 Å². The van der Waals surface area contributed by atoms with Crippen LogP contribution in [-0.2, 0) is 4.79 Å². The molecule has 1 atom stereocenters. The third-order valence-electron chi connectivity index (χ3n) is 3.23. The Morgan fingerprint density at radius 1 is 1.50 bits per heavy atom. The smallest absolute Gasteiger partial charge is 0.227 e. The summed E-state index contributed by atoms with van der Waals surface area (Å²) in [7, 11) is 0. The minimum Gasteiger partial charge on any atom is -0.309 e. The highest BCUT2D eigenvalue weighted by atomic mass is 19.1. The first-order valence-electron chi connectivity index (χ1n) is 5.71. The van der Waals surface area contributed by atoms with E-state index in [0.29, 0.717) is 17.7 Å². The Morgan fingerprint density at radius 2 is 2.25 bits per heavy atom. The largest absolute Gasteiger partial charge is 0.309 e. The second kappa shape index (κ2) is 4.24. The number of halogens is 1. The maximum Gasteiger partial charge on any atom is 0.227 e. The van der Waals surface area contributed by atoms with Crippen LogP contribution in [0.5, 0.6) is 0 Å². The van der Waals surface area contributed by atoms with E-state index < -0.39 is 0 Å². The van der Waals surface area contributed by atoms with Crippen molar-refractivity contribution in [3.05, 3.63) is 29.6 Å². The molecule has 1 heterocycles. The number of rotatable bonds is 2. The quantitative estimate of drug-likeness (QED) is 0.751. The summed E-state index contributed by atoms with van der Waals surface area (Å²) in [6.45, 7) is 3.78. The second-order valence-electron chi connectivity index (χ2n) is 4.30. The highest BCUT2D eigenvalue weighted by molar-refractivity contribution is 5.96. The van der Waals surface area contributed by atoms with Crippen LogP contribution in [0.15, 0.2) is 18.2 Å². The molecule has 0 saturated carbocycles. The lowest BCUT2D eigenvalue weighted by molar-refractivity contribution is -0.117. The molecule has 3 heteroatoms. The van der Waals surface area contributed by atoms with E-state index in [1.165, 1.54) is 6.07 Å². The molecule has 0 bridgehead atoms. The number of amides is 1. The monoisotopic (exact) mass is 221 g/mol. The Hall–Kier alpha value is -1.38. The predicted molar refractivity (Wildman–Crippen MR) is 61.9 cm³/mol. The van der Waals surface area contributed by atoms with Crippen LogP contribution in [0.1, 0.15) is 31.7 Å². The number of aryl methyl sites for hydroxylation is 1. The Labute approximate surface area is 95.1 Å². The number of nitrogens with zero attached hydrogens (tertiary/aromatic N) is 1. The van der Waals surface area contributed by atoms with Crippen molar-refractivity contribution >= 4 is 11.6 Å². The van der Waals surface area contributed by atoms with Crippen molar-refractivity contribution in [1.29, 1.82) is 0 Å². The molecule has 2 rings (SSSR count). The second-order valence-corrected chi connectivity index (χ2v) is 4.30. The Balaban J connectivity index is 2.35. The molecule has 86 valence electrons. The van der Waals surface area contributed by atoms with Crippen LogP contribution in [-0.4, -0.2) is 11.9 Å². The zero-order chi connectivity index (χ0) is 11.7. The molecule has 1 aliphatic heterocycles. The van der Waals surface area contributed by atoms with Crippen molar-refractivity contribution < 1.29 is 9.18 Å². The number of anilines is 1. The molecule has 0 N–H and O–H groups in total. The maximum atomic E-state index is 13.5. The lowest BCUT2D eigenvalue weighted by atomic mass is 10.1. The van der Waals surface area contributed by atoms with Crippen LogP contribution < -0.4 is 4.90 Å². The van der Waals surface area contributed by atoms with Gasteiger partial charge in [-0.15, -0.1) is 0 Å². The van der Waals surface area contributed by atoms with Crippen LogP contribution in [0.2, 0.25) is 0 Å². The van der Waals surface area contributed by atoms with Crippen molar-refractivity contribution in [2.24, 2.45) is 0 Å². The molecular formula is C13H16FNO. The maximum absolute atomic E-state index is 13.5. The van der Waals surface area contributed by atoms with Gasteiger partial charge in [0.1, 0.15) is 5.82 Å². The molecular weight excluding hydrogens is 205 g/mol. The number of carbonyl (C=O) groups is 1. The summed E-state index contributed by atoms with van der Waals surface area (Å²) in [6.07, 6.45) is 2.38. The van der Waals surface area contributed by atoms with Gasteiger partial charge in [-0.1, -0.05) is 13.0 Å². The van der Waals surface area contributed by atoms with Gasteiger partial charge in [0.05, 0.1) is 0 Å². The number of benzene rings is 1. The standard InChI is InChI=1S/C13H16FNO/c1-3-10-6-7-13(16)15(10)11-5-4-9(2)12(14)8-11/h4-5,8,10H,3,6-7H2,1-2H3. The Kier molecular flexibility index (Phi) is 2.95. The average molecular weight is 221 g/mol. The van der Waals surface area contributed by atoms with Crippen LogP contribution in [0.4, 0.5) is 10.1 Å². The van der Waals surface area contributed by atoms with E-state index in [2.05, 4.69) is 6.92 Å². The van der Waals surface area contributed by atoms with E-state index >= 15 is 0 Å². The normalized spacial score (nSPS) is 20.6. The van der Waals surface area contributed by atoms with Crippen LogP contribution >= 0.6 is 0 Å². The SMILES string of the molecule is CCC1CCC(=O)N1c1ccc(C)c(F)c1. The first kappa shape index (κ1) is 11.1. The third kappa shape index (κ3) is 1.82. The molecule has 1 aromatic carbocycles. The number of hydrogen-bond acceptors (Lipinski definition) is 1. The summed E-state index contributed by atoms with van der Waals surface area (Å²) in [6, 6.07) is 5.24. The summed E-state index contributed by atoms with van der Waals surface area (Å²) < 4.78 is 13.5. The molecule has 1 saturated heterocycles. The van der Waals surface area contributed by atoms with Gasteiger partial charge in [-0.05, 0) is 37.5 Å². The fraction of sp³-hybridized carbons (Fsp3) is 0.462. The minimum absolute atomic E-state index is 0.107. The lowest BCUT2D eigenvalue weighted by Gasteiger charge is -2.24. The topological polar surface area (TPSA) is 20.3 Å². The van der Waals surface area contributed by atoms with Crippen LogP contribution in [0.3, 0.4) is 0 Å². The summed E-state index contributed by atoms with van der Waals surface area (Å²) in [5.41, 5.74) is 1.31. The van der Waals surface area contributed by atoms with E-state index in [4.69, 9.17) is 0 Å². The molecule has 16 heavy (non-hydrogen) atoms. The van der Waals surface area contributed by atoms with Crippen molar-refractivity contribution in [1.82, 2.24) is 0 Å². The van der Waals surface area contributed by atoms with E-state index in [0.717, 1.165) is 12.8 Å². The zero-order valence-electron chi connectivity index (χ0n) is 9.66. The molecule has 1 aliphatic rings. The van der Waals surface area contributed by atoms with Gasteiger partial charge in [-0.3, -0.25) is 4.79 Å². The van der Waals surface area contributed by atoms with Crippen molar-refractivity contribution in [3.63, 3.8) is 0 Å². The molecule has 0 aromatic heterocycles. The molecule has 1 aromatic rings. The number of carbonyl (C=O) groups excluding carboxylic acids is 1. The van der Waals surface area contributed by atoms with Gasteiger partial charge >= 0.3 is 0 Å². The van der Waals surface area contributed by atoms with Gasteiger partial charge in [0, 0.05) is 18.2 Å². The summed E-state index contributed by atoms with van der Waals surface area (Å²) >= 11 is 0. The van der Waals surface area contributed by atoms with Crippen LogP contribution in [0.25, 0.3) is 0 Å². The Morgan fingerprint density at radius 3 is 2.88 bits per heavy atom. The average Bonchev–Trinajstić information content (AvgIpc) is 2.64. The van der Waals surface area contributed by atoms with Gasteiger partial charge in [0.25, 0.3) is 0 Å². The molecule has 1 unspecified atom stereocenters. The molecule has 0 radical (unpaired) electrons.